The number of nitrogens with zero attached hydrogens (tertiary/aromatic N) is 1. The number of sulfonamides is 1. The molecule has 1 amide bonds. The number of carbonyl (C=O) groups is 1. The average molecular weight is 418 g/mol. The highest BCUT2D eigenvalue weighted by atomic mass is 35.5. The predicted octanol–water partition coefficient (Wildman–Crippen LogP) is 2.14. The monoisotopic (exact) mass is 417 g/mol. The van der Waals surface area contributed by atoms with Crippen LogP contribution >= 0.6 is 12.4 Å². The van der Waals surface area contributed by atoms with Crippen molar-refractivity contribution in [3.8, 4) is 0 Å². The molecule has 6 nitrogen and oxygen atoms in total. The van der Waals surface area contributed by atoms with Crippen LogP contribution < -0.4 is 10.0 Å². The molecule has 0 aromatic heterocycles. The molecule has 0 aliphatic carbocycles. The molecule has 1 aromatic rings. The Morgan fingerprint density at radius 2 is 1.59 bits per heavy atom. The van der Waals surface area contributed by atoms with Crippen LogP contribution in [0.4, 0.5) is 0 Å². The molecule has 2 N–H and O–H groups in total. The number of nitrogens with one attached hydrogen (secondary N) is 2. The van der Waals surface area contributed by atoms with Gasteiger partial charge in [-0.2, -0.15) is 0 Å². The van der Waals surface area contributed by atoms with Gasteiger partial charge in [-0.25, -0.2) is 13.1 Å². The molecule has 27 heavy (non-hydrogen) atoms. The lowest BCUT2D eigenvalue weighted by molar-refractivity contribution is -0.133. The maximum Gasteiger partial charge on any atom is 0.241 e. The van der Waals surface area contributed by atoms with Gasteiger partial charge in [0.25, 0.3) is 0 Å². The van der Waals surface area contributed by atoms with E-state index in [0.29, 0.717) is 11.4 Å². The van der Waals surface area contributed by atoms with Gasteiger partial charge in [0.05, 0.1) is 4.90 Å². The molecule has 0 unspecified atom stereocenters. The second kappa shape index (κ2) is 9.37. The zero-order chi connectivity index (χ0) is 19.6. The molecule has 2 rings (SSSR count). The molecular formula is C19H32ClN3O3S. The molecular weight excluding hydrogens is 386 g/mol. The van der Waals surface area contributed by atoms with Gasteiger partial charge in [0.2, 0.25) is 15.9 Å². The van der Waals surface area contributed by atoms with E-state index in [0.717, 1.165) is 40.9 Å². The Bertz CT molecular complexity index is 780. The van der Waals surface area contributed by atoms with Crippen LogP contribution in [0, 0.1) is 34.6 Å². The predicted molar refractivity (Wildman–Crippen MR) is 111 cm³/mol. The maximum absolute atomic E-state index is 12.9. The maximum atomic E-state index is 12.9. The molecule has 1 aromatic carbocycles. The number of hydrogen-bond acceptors (Lipinski definition) is 4. The van der Waals surface area contributed by atoms with Crippen LogP contribution in [-0.4, -0.2) is 51.4 Å². The normalized spacial score (nSPS) is 17.6. The summed E-state index contributed by atoms with van der Waals surface area (Å²) in [6.45, 7) is 13.9. The van der Waals surface area contributed by atoms with E-state index in [4.69, 9.17) is 0 Å². The highest BCUT2D eigenvalue weighted by molar-refractivity contribution is 7.89. The summed E-state index contributed by atoms with van der Waals surface area (Å²) in [5, 5.41) is 3.24. The third kappa shape index (κ3) is 5.02. The van der Waals surface area contributed by atoms with Crippen LogP contribution in [0.1, 0.15) is 41.2 Å². The Morgan fingerprint density at radius 3 is 2.11 bits per heavy atom. The third-order valence-corrected chi connectivity index (χ3v) is 7.39. The fourth-order valence-electron chi connectivity index (χ4n) is 3.59. The first kappa shape index (κ1) is 23.9. The number of benzene rings is 1. The second-order valence-corrected chi connectivity index (χ2v) is 8.95. The summed E-state index contributed by atoms with van der Waals surface area (Å²) in [5.41, 5.74) is 4.68. The van der Waals surface area contributed by atoms with Crippen LogP contribution in [0.15, 0.2) is 4.90 Å². The molecule has 1 saturated heterocycles. The quantitative estimate of drug-likeness (QED) is 0.769. The Hall–Kier alpha value is -1.15. The van der Waals surface area contributed by atoms with E-state index in [1.807, 2.05) is 46.4 Å². The van der Waals surface area contributed by atoms with Crippen LogP contribution in [0.2, 0.25) is 0 Å². The third-order valence-electron chi connectivity index (χ3n) is 5.65. The number of halogens is 1. The minimum atomic E-state index is -3.66. The van der Waals surface area contributed by atoms with Crippen LogP contribution in [0.3, 0.4) is 0 Å². The first-order chi connectivity index (χ1) is 12.1. The topological polar surface area (TPSA) is 78.5 Å². The number of carbonyl (C=O) groups excluding carboxylic acids is 1. The summed E-state index contributed by atoms with van der Waals surface area (Å²) in [6, 6.07) is 0.139. The van der Waals surface area contributed by atoms with Gasteiger partial charge in [-0.05, 0) is 69.4 Å². The Kier molecular flexibility index (Phi) is 8.29. The molecule has 8 heteroatoms. The van der Waals surface area contributed by atoms with Crippen molar-refractivity contribution in [1.82, 2.24) is 14.9 Å². The van der Waals surface area contributed by atoms with Crippen molar-refractivity contribution in [1.29, 1.82) is 0 Å². The minimum absolute atomic E-state index is 0. The van der Waals surface area contributed by atoms with Gasteiger partial charge < -0.3 is 10.2 Å². The van der Waals surface area contributed by atoms with Crippen LogP contribution in [0.5, 0.6) is 0 Å². The lowest BCUT2D eigenvalue weighted by Gasteiger charge is -2.34. The fourth-order valence-corrected chi connectivity index (χ4v) is 5.22. The van der Waals surface area contributed by atoms with Crippen molar-refractivity contribution in [3.63, 3.8) is 0 Å². The number of amides is 1. The molecule has 0 radical (unpaired) electrons. The van der Waals surface area contributed by atoms with Crippen LogP contribution in [-0.2, 0) is 14.8 Å². The van der Waals surface area contributed by atoms with E-state index in [-0.39, 0.29) is 37.3 Å². The molecule has 154 valence electrons. The lowest BCUT2D eigenvalue weighted by atomic mass is 9.95. The van der Waals surface area contributed by atoms with E-state index < -0.39 is 10.0 Å². The second-order valence-electron chi connectivity index (χ2n) is 7.24. The summed E-state index contributed by atoms with van der Waals surface area (Å²) < 4.78 is 28.4. The Morgan fingerprint density at radius 1 is 1.07 bits per heavy atom. The zero-order valence-corrected chi connectivity index (χ0v) is 18.7. The largest absolute Gasteiger partial charge is 0.337 e. The first-order valence-corrected chi connectivity index (χ1v) is 10.6. The summed E-state index contributed by atoms with van der Waals surface area (Å²) in [5.74, 6) is -0.00795. The number of rotatable bonds is 5. The summed E-state index contributed by atoms with van der Waals surface area (Å²) in [6.07, 6.45) is 0.172. The van der Waals surface area contributed by atoms with E-state index >= 15 is 0 Å². The van der Waals surface area contributed by atoms with Gasteiger partial charge in [-0.1, -0.05) is 0 Å². The van der Waals surface area contributed by atoms with Crippen LogP contribution in [0.25, 0.3) is 0 Å². The number of piperazine rings is 1. The lowest BCUT2D eigenvalue weighted by Crippen LogP contribution is -2.52. The first-order valence-electron chi connectivity index (χ1n) is 9.14. The molecule has 0 spiro atoms. The van der Waals surface area contributed by atoms with Gasteiger partial charge in [0, 0.05) is 38.6 Å². The molecule has 1 aliphatic rings. The van der Waals surface area contributed by atoms with Crippen molar-refractivity contribution in [2.75, 3.05) is 26.2 Å². The van der Waals surface area contributed by atoms with Gasteiger partial charge >= 0.3 is 0 Å². The molecule has 0 saturated carbocycles. The van der Waals surface area contributed by atoms with Crippen molar-refractivity contribution in [2.45, 2.75) is 58.9 Å². The average Bonchev–Trinajstić information content (AvgIpc) is 2.58. The molecule has 1 atom stereocenters. The highest BCUT2D eigenvalue weighted by Crippen LogP contribution is 2.29. The van der Waals surface area contributed by atoms with E-state index in [9.17, 15) is 13.2 Å². The molecule has 1 heterocycles. The van der Waals surface area contributed by atoms with Crippen molar-refractivity contribution >= 4 is 28.3 Å². The summed E-state index contributed by atoms with van der Waals surface area (Å²) in [7, 11) is -3.66. The smallest absolute Gasteiger partial charge is 0.241 e. The minimum Gasteiger partial charge on any atom is -0.337 e. The zero-order valence-electron chi connectivity index (χ0n) is 17.1. The Labute approximate surface area is 169 Å². The molecule has 0 bridgehead atoms. The van der Waals surface area contributed by atoms with Gasteiger partial charge in [0.15, 0.2) is 0 Å². The molecule has 1 fully saturated rings. The molecule has 1 aliphatic heterocycles. The van der Waals surface area contributed by atoms with Crippen molar-refractivity contribution in [2.24, 2.45) is 0 Å². The van der Waals surface area contributed by atoms with Gasteiger partial charge in [-0.15, -0.1) is 12.4 Å². The van der Waals surface area contributed by atoms with E-state index in [1.54, 1.807) is 0 Å². The number of hydrogen-bond donors (Lipinski definition) is 2. The standard InChI is InChI=1S/C19H31N3O3S.ClH/c1-12-11-20-9-10-22(12)18(23)7-8-21-26(24,25)19-16(5)14(3)13(2)15(4)17(19)6;/h12,20-21H,7-11H2,1-6H3;1H/t12-;/m1./s1. The summed E-state index contributed by atoms with van der Waals surface area (Å²) in [4.78, 5) is 14.6. The van der Waals surface area contributed by atoms with Gasteiger partial charge in [0.1, 0.15) is 0 Å². The van der Waals surface area contributed by atoms with Crippen molar-refractivity contribution in [3.05, 3.63) is 27.8 Å². The fraction of sp³-hybridized carbons (Fsp3) is 0.632. The van der Waals surface area contributed by atoms with E-state index in [2.05, 4.69) is 10.0 Å². The Balaban J connectivity index is 0.00000364. The van der Waals surface area contributed by atoms with Gasteiger partial charge in [-0.3, -0.25) is 4.79 Å². The van der Waals surface area contributed by atoms with Crippen molar-refractivity contribution < 1.29 is 13.2 Å². The SMILES string of the molecule is Cc1c(C)c(C)c(S(=O)(=O)NCCC(=O)N2CCNC[C@H]2C)c(C)c1C.Cl. The highest BCUT2D eigenvalue weighted by Gasteiger charge is 2.25. The summed E-state index contributed by atoms with van der Waals surface area (Å²) >= 11 is 0. The van der Waals surface area contributed by atoms with E-state index in [1.165, 1.54) is 0 Å².